The maximum atomic E-state index is 12.7. The maximum absolute atomic E-state index is 12.7. The Morgan fingerprint density at radius 1 is 1.21 bits per heavy atom. The van der Waals surface area contributed by atoms with Crippen molar-refractivity contribution in [1.82, 2.24) is 9.80 Å². The summed E-state index contributed by atoms with van der Waals surface area (Å²) >= 11 is 0. The second-order valence-corrected chi connectivity index (χ2v) is 7.00. The summed E-state index contributed by atoms with van der Waals surface area (Å²) in [5.74, 6) is 2.49. The van der Waals surface area contributed by atoms with Crippen LogP contribution in [0.5, 0.6) is 0 Å². The van der Waals surface area contributed by atoms with Crippen LogP contribution in [-0.4, -0.2) is 53.1 Å². The molecule has 0 spiro atoms. The molecule has 0 aromatic heterocycles. The van der Waals surface area contributed by atoms with Crippen LogP contribution in [0.3, 0.4) is 0 Å². The van der Waals surface area contributed by atoms with Gasteiger partial charge in [0.25, 0.3) is 5.91 Å². The summed E-state index contributed by atoms with van der Waals surface area (Å²) in [6.07, 6.45) is 5.00. The number of hydrogen-bond donors (Lipinski definition) is 0. The number of benzene rings is 1. The number of ether oxygens (including phenoxy) is 1. The van der Waals surface area contributed by atoms with Crippen LogP contribution in [0.25, 0.3) is 0 Å². The van der Waals surface area contributed by atoms with Gasteiger partial charge in [0, 0.05) is 36.8 Å². The molecule has 1 aliphatic rings. The first-order valence-electron chi connectivity index (χ1n) is 8.07. The van der Waals surface area contributed by atoms with Crippen LogP contribution in [0.2, 0.25) is 0 Å². The van der Waals surface area contributed by atoms with Crippen molar-refractivity contribution < 1.29 is 14.3 Å². The topological polar surface area (TPSA) is 49.9 Å². The molecule has 5 nitrogen and oxygen atoms in total. The van der Waals surface area contributed by atoms with Gasteiger partial charge in [0.1, 0.15) is 5.60 Å². The number of carbonyl (C=O) groups excluding carboxylic acids is 2. The smallest absolute Gasteiger partial charge is 0.410 e. The predicted molar refractivity (Wildman–Crippen MR) is 92.7 cm³/mol. The van der Waals surface area contributed by atoms with Crippen LogP contribution in [0.1, 0.15) is 43.6 Å². The van der Waals surface area contributed by atoms with Gasteiger partial charge in [-0.3, -0.25) is 4.79 Å². The Morgan fingerprint density at radius 2 is 1.83 bits per heavy atom. The highest BCUT2D eigenvalue weighted by Crippen LogP contribution is 2.17. The highest BCUT2D eigenvalue weighted by atomic mass is 16.6. The molecule has 128 valence electrons. The van der Waals surface area contributed by atoms with Crippen LogP contribution in [0.4, 0.5) is 4.79 Å². The molecule has 1 fully saturated rings. The van der Waals surface area contributed by atoms with Gasteiger partial charge in [-0.05, 0) is 52.0 Å². The van der Waals surface area contributed by atoms with Crippen molar-refractivity contribution in [2.24, 2.45) is 0 Å². The predicted octanol–water partition coefficient (Wildman–Crippen LogP) is 2.75. The third kappa shape index (κ3) is 4.29. The Labute approximate surface area is 143 Å². The maximum Gasteiger partial charge on any atom is 0.410 e. The van der Waals surface area contributed by atoms with Crippen LogP contribution in [-0.2, 0) is 4.74 Å². The number of piperazine rings is 1. The van der Waals surface area contributed by atoms with Gasteiger partial charge < -0.3 is 14.5 Å². The van der Waals surface area contributed by atoms with Crippen molar-refractivity contribution in [3.63, 3.8) is 0 Å². The Balaban J connectivity index is 2.01. The lowest BCUT2D eigenvalue weighted by molar-refractivity contribution is 0.00617. The van der Waals surface area contributed by atoms with Gasteiger partial charge in [0.15, 0.2) is 0 Å². The van der Waals surface area contributed by atoms with E-state index >= 15 is 0 Å². The summed E-state index contributed by atoms with van der Waals surface area (Å²) in [6, 6.07) is 6.92. The van der Waals surface area contributed by atoms with Crippen molar-refractivity contribution in [3.05, 3.63) is 35.4 Å². The molecule has 0 unspecified atom stereocenters. The highest BCUT2D eigenvalue weighted by Gasteiger charge is 2.32. The average Bonchev–Trinajstić information content (AvgIpc) is 2.52. The second kappa shape index (κ2) is 6.96. The molecule has 0 N–H and O–H groups in total. The molecule has 0 bridgehead atoms. The van der Waals surface area contributed by atoms with Crippen molar-refractivity contribution in [2.45, 2.75) is 39.3 Å². The summed E-state index contributed by atoms with van der Waals surface area (Å²) in [5, 5.41) is 0. The Bertz CT molecular complexity index is 653. The van der Waals surface area contributed by atoms with Gasteiger partial charge in [0.2, 0.25) is 0 Å². The molecule has 0 radical (unpaired) electrons. The van der Waals surface area contributed by atoms with Crippen LogP contribution < -0.4 is 0 Å². The van der Waals surface area contributed by atoms with Gasteiger partial charge in [-0.25, -0.2) is 4.79 Å². The first-order chi connectivity index (χ1) is 11.2. The summed E-state index contributed by atoms with van der Waals surface area (Å²) in [5.41, 5.74) is 0.826. The second-order valence-electron chi connectivity index (χ2n) is 7.00. The molecule has 2 rings (SSSR count). The number of terminal acetylenes is 1. The fourth-order valence-corrected chi connectivity index (χ4v) is 2.63. The first-order valence-corrected chi connectivity index (χ1v) is 8.07. The molecule has 1 atom stereocenters. The number of carbonyl (C=O) groups is 2. The molecule has 5 heteroatoms. The van der Waals surface area contributed by atoms with E-state index in [1.807, 2.05) is 27.7 Å². The quantitative estimate of drug-likeness (QED) is 0.745. The van der Waals surface area contributed by atoms with Gasteiger partial charge in [0.05, 0.1) is 0 Å². The highest BCUT2D eigenvalue weighted by molar-refractivity contribution is 5.94. The Morgan fingerprint density at radius 3 is 2.33 bits per heavy atom. The molecule has 0 saturated carbocycles. The van der Waals surface area contributed by atoms with E-state index in [0.717, 1.165) is 5.56 Å². The van der Waals surface area contributed by atoms with E-state index in [2.05, 4.69) is 5.92 Å². The molecule has 0 aliphatic carbocycles. The number of rotatable bonds is 1. The van der Waals surface area contributed by atoms with Crippen molar-refractivity contribution >= 4 is 12.0 Å². The molecular weight excluding hydrogens is 304 g/mol. The van der Waals surface area contributed by atoms with E-state index < -0.39 is 5.60 Å². The summed E-state index contributed by atoms with van der Waals surface area (Å²) in [4.78, 5) is 28.2. The molecule has 1 aromatic carbocycles. The van der Waals surface area contributed by atoms with Crippen molar-refractivity contribution in [3.8, 4) is 12.3 Å². The lowest BCUT2D eigenvalue weighted by Gasteiger charge is -2.40. The summed E-state index contributed by atoms with van der Waals surface area (Å²) in [6.45, 7) is 8.87. The molecular formula is C19H24N2O3. The third-order valence-electron chi connectivity index (χ3n) is 3.84. The number of amides is 2. The zero-order valence-electron chi connectivity index (χ0n) is 14.7. The van der Waals surface area contributed by atoms with E-state index in [4.69, 9.17) is 11.2 Å². The molecule has 1 aromatic rings. The van der Waals surface area contributed by atoms with Gasteiger partial charge in [-0.1, -0.05) is 5.92 Å². The van der Waals surface area contributed by atoms with Crippen molar-refractivity contribution in [2.75, 3.05) is 19.6 Å². The minimum absolute atomic E-state index is 0.0464. The van der Waals surface area contributed by atoms with Gasteiger partial charge in [-0.2, -0.15) is 0 Å². The van der Waals surface area contributed by atoms with Crippen LogP contribution in [0, 0.1) is 12.3 Å². The number of hydrogen-bond acceptors (Lipinski definition) is 3. The van der Waals surface area contributed by atoms with Gasteiger partial charge in [-0.15, -0.1) is 6.42 Å². The van der Waals surface area contributed by atoms with Crippen LogP contribution >= 0.6 is 0 Å². The minimum atomic E-state index is -0.522. The number of nitrogens with zero attached hydrogens (tertiary/aromatic N) is 2. The Kier molecular flexibility index (Phi) is 5.18. The first kappa shape index (κ1) is 17.9. The molecule has 1 saturated heterocycles. The van der Waals surface area contributed by atoms with E-state index in [9.17, 15) is 9.59 Å². The van der Waals surface area contributed by atoms with E-state index in [0.29, 0.717) is 25.2 Å². The van der Waals surface area contributed by atoms with Crippen LogP contribution in [0.15, 0.2) is 24.3 Å². The van der Waals surface area contributed by atoms with E-state index in [1.54, 1.807) is 34.1 Å². The Hall–Kier alpha value is -2.48. The molecule has 2 amide bonds. The van der Waals surface area contributed by atoms with Crippen molar-refractivity contribution in [1.29, 1.82) is 0 Å². The average molecular weight is 328 g/mol. The fourth-order valence-electron chi connectivity index (χ4n) is 2.63. The fraction of sp³-hybridized carbons (Fsp3) is 0.474. The zero-order valence-corrected chi connectivity index (χ0v) is 14.7. The SMILES string of the molecule is C#Cc1ccc(C(=O)N2CCN(C(=O)OC(C)(C)C)C[C@H]2C)cc1. The van der Waals surface area contributed by atoms with E-state index in [-0.39, 0.29) is 18.0 Å². The lowest BCUT2D eigenvalue weighted by Crippen LogP contribution is -2.56. The normalized spacial score (nSPS) is 18.0. The standard InChI is InChI=1S/C19H24N2O3/c1-6-15-7-9-16(10-8-15)17(22)21-12-11-20(13-14(21)2)18(23)24-19(3,4)5/h1,7-10,14H,11-13H2,2-5H3/t14-/m1/s1. The largest absolute Gasteiger partial charge is 0.444 e. The molecule has 24 heavy (non-hydrogen) atoms. The van der Waals surface area contributed by atoms with E-state index in [1.165, 1.54) is 0 Å². The third-order valence-corrected chi connectivity index (χ3v) is 3.84. The monoisotopic (exact) mass is 328 g/mol. The lowest BCUT2D eigenvalue weighted by atomic mass is 10.1. The molecule has 1 heterocycles. The summed E-state index contributed by atoms with van der Waals surface area (Å²) in [7, 11) is 0. The minimum Gasteiger partial charge on any atom is -0.444 e. The summed E-state index contributed by atoms with van der Waals surface area (Å²) < 4.78 is 5.40. The van der Waals surface area contributed by atoms with Gasteiger partial charge >= 0.3 is 6.09 Å². The molecule has 1 aliphatic heterocycles. The zero-order chi connectivity index (χ0) is 17.9.